The van der Waals surface area contributed by atoms with E-state index in [1.807, 2.05) is 47.8 Å². The van der Waals surface area contributed by atoms with Gasteiger partial charge in [-0.3, -0.25) is 9.48 Å². The van der Waals surface area contributed by atoms with Crippen LogP contribution in [0.1, 0.15) is 56.5 Å². The number of amides is 1. The standard InChI is InChI=1S/C20H26ClN3O/c1-6-20(4,5)17-8-10-24(22-17)16-7-9-23(19(16)25)15-11-13(2)18(21)14(3)12-15/h8,10-12,16H,6-7,9H2,1-5H3. The van der Waals surface area contributed by atoms with Crippen LogP contribution in [0.3, 0.4) is 0 Å². The molecule has 1 fully saturated rings. The van der Waals surface area contributed by atoms with E-state index in [1.54, 1.807) is 0 Å². The minimum atomic E-state index is -0.224. The van der Waals surface area contributed by atoms with Gasteiger partial charge in [0.1, 0.15) is 6.04 Å². The molecule has 1 aliphatic heterocycles. The Morgan fingerprint density at radius 3 is 2.52 bits per heavy atom. The third kappa shape index (κ3) is 3.20. The van der Waals surface area contributed by atoms with Crippen molar-refractivity contribution in [3.8, 4) is 0 Å². The largest absolute Gasteiger partial charge is 0.310 e. The third-order valence-electron chi connectivity index (χ3n) is 5.42. The lowest BCUT2D eigenvalue weighted by atomic mass is 9.87. The van der Waals surface area contributed by atoms with Gasteiger partial charge in [0.05, 0.1) is 5.69 Å². The number of anilines is 1. The van der Waals surface area contributed by atoms with Crippen LogP contribution in [0.5, 0.6) is 0 Å². The zero-order valence-corrected chi connectivity index (χ0v) is 16.4. The number of nitrogens with zero attached hydrogens (tertiary/aromatic N) is 3. The molecule has 0 spiro atoms. The highest BCUT2D eigenvalue weighted by Gasteiger charge is 2.35. The molecule has 0 saturated carbocycles. The minimum Gasteiger partial charge on any atom is -0.310 e. The Balaban J connectivity index is 1.85. The summed E-state index contributed by atoms with van der Waals surface area (Å²) < 4.78 is 1.84. The minimum absolute atomic E-state index is 0.0248. The Bertz CT molecular complexity index is 786. The van der Waals surface area contributed by atoms with Crippen molar-refractivity contribution < 1.29 is 4.79 Å². The van der Waals surface area contributed by atoms with Crippen molar-refractivity contribution in [1.82, 2.24) is 9.78 Å². The van der Waals surface area contributed by atoms with Crippen LogP contribution in [-0.4, -0.2) is 22.2 Å². The van der Waals surface area contributed by atoms with Gasteiger partial charge in [0, 0.05) is 28.9 Å². The number of hydrogen-bond donors (Lipinski definition) is 0. The molecule has 0 N–H and O–H groups in total. The number of rotatable bonds is 4. The molecule has 2 aromatic rings. The summed E-state index contributed by atoms with van der Waals surface area (Å²) in [6.45, 7) is 11.2. The predicted octanol–water partition coefficient (Wildman–Crippen LogP) is 4.82. The van der Waals surface area contributed by atoms with Gasteiger partial charge in [0.2, 0.25) is 0 Å². The summed E-state index contributed by atoms with van der Waals surface area (Å²) in [5.41, 5.74) is 3.99. The maximum Gasteiger partial charge on any atom is 0.251 e. The zero-order valence-electron chi connectivity index (χ0n) is 15.6. The Labute approximate surface area is 154 Å². The first-order chi connectivity index (χ1) is 11.7. The highest BCUT2D eigenvalue weighted by molar-refractivity contribution is 6.32. The fraction of sp³-hybridized carbons (Fsp3) is 0.500. The second kappa shape index (κ2) is 6.49. The van der Waals surface area contributed by atoms with Gasteiger partial charge in [-0.1, -0.05) is 32.4 Å². The lowest BCUT2D eigenvalue weighted by Crippen LogP contribution is -2.29. The van der Waals surface area contributed by atoms with Gasteiger partial charge in [-0.2, -0.15) is 5.10 Å². The number of benzene rings is 1. The normalized spacial score (nSPS) is 18.2. The smallest absolute Gasteiger partial charge is 0.251 e. The van der Waals surface area contributed by atoms with Crippen molar-refractivity contribution in [2.75, 3.05) is 11.4 Å². The van der Waals surface area contributed by atoms with Crippen LogP contribution >= 0.6 is 11.6 Å². The number of aromatic nitrogens is 2. The first-order valence-electron chi connectivity index (χ1n) is 8.88. The van der Waals surface area contributed by atoms with Crippen LogP contribution in [0, 0.1) is 13.8 Å². The SMILES string of the molecule is CCC(C)(C)c1ccn(C2CCN(c3cc(C)c(Cl)c(C)c3)C2=O)n1. The van der Waals surface area contributed by atoms with Crippen LogP contribution in [0.4, 0.5) is 5.69 Å². The van der Waals surface area contributed by atoms with Gasteiger partial charge in [-0.25, -0.2) is 0 Å². The van der Waals surface area contributed by atoms with E-state index in [0.29, 0.717) is 6.54 Å². The molecule has 1 atom stereocenters. The lowest BCUT2D eigenvalue weighted by Gasteiger charge is -2.20. The van der Waals surface area contributed by atoms with Crippen LogP contribution in [0.2, 0.25) is 5.02 Å². The highest BCUT2D eigenvalue weighted by atomic mass is 35.5. The van der Waals surface area contributed by atoms with Crippen molar-refractivity contribution >= 4 is 23.2 Å². The number of aryl methyl sites for hydroxylation is 2. The second-order valence-corrected chi connectivity index (χ2v) is 7.98. The van der Waals surface area contributed by atoms with E-state index in [-0.39, 0.29) is 17.4 Å². The van der Waals surface area contributed by atoms with E-state index in [0.717, 1.165) is 40.4 Å². The molecular weight excluding hydrogens is 334 g/mol. The van der Waals surface area contributed by atoms with Gasteiger partial charge in [-0.15, -0.1) is 0 Å². The average molecular weight is 360 g/mol. The molecule has 0 radical (unpaired) electrons. The number of carbonyl (C=O) groups is 1. The summed E-state index contributed by atoms with van der Waals surface area (Å²) >= 11 is 6.26. The molecule has 2 heterocycles. The van der Waals surface area contributed by atoms with Crippen LogP contribution in [0.15, 0.2) is 24.4 Å². The number of carbonyl (C=O) groups excluding carboxylic acids is 1. The molecule has 1 aromatic heterocycles. The van der Waals surface area contributed by atoms with Crippen molar-refractivity contribution in [2.24, 2.45) is 0 Å². The summed E-state index contributed by atoms with van der Waals surface area (Å²) in [7, 11) is 0. The Hall–Kier alpha value is -1.81. The molecule has 0 aliphatic carbocycles. The van der Waals surface area contributed by atoms with E-state index in [4.69, 9.17) is 16.7 Å². The quantitative estimate of drug-likeness (QED) is 0.784. The third-order valence-corrected chi connectivity index (χ3v) is 6.01. The van der Waals surface area contributed by atoms with Gasteiger partial charge >= 0.3 is 0 Å². The molecule has 1 aliphatic rings. The van der Waals surface area contributed by atoms with E-state index < -0.39 is 0 Å². The predicted molar refractivity (Wildman–Crippen MR) is 102 cm³/mol. The molecule has 134 valence electrons. The van der Waals surface area contributed by atoms with Gasteiger partial charge < -0.3 is 4.90 Å². The maximum absolute atomic E-state index is 13.0. The van der Waals surface area contributed by atoms with Crippen LogP contribution in [-0.2, 0) is 10.2 Å². The summed E-state index contributed by atoms with van der Waals surface area (Å²) in [5.74, 6) is 0.102. The van der Waals surface area contributed by atoms with Gasteiger partial charge in [0.25, 0.3) is 5.91 Å². The van der Waals surface area contributed by atoms with Crippen LogP contribution < -0.4 is 4.90 Å². The van der Waals surface area contributed by atoms with E-state index in [1.165, 1.54) is 0 Å². The Morgan fingerprint density at radius 2 is 1.92 bits per heavy atom. The first-order valence-corrected chi connectivity index (χ1v) is 9.26. The van der Waals surface area contributed by atoms with Crippen molar-refractivity contribution in [3.05, 3.63) is 46.2 Å². The lowest BCUT2D eigenvalue weighted by molar-refractivity contribution is -0.120. The first kappa shape index (κ1) is 18.0. The van der Waals surface area contributed by atoms with Gasteiger partial charge in [-0.05, 0) is 56.0 Å². The second-order valence-electron chi connectivity index (χ2n) is 7.61. The summed E-state index contributed by atoms with van der Waals surface area (Å²) in [6, 6.07) is 5.79. The Kier molecular flexibility index (Phi) is 4.67. The molecule has 4 nitrogen and oxygen atoms in total. The monoisotopic (exact) mass is 359 g/mol. The molecule has 1 unspecified atom stereocenters. The highest BCUT2D eigenvalue weighted by Crippen LogP contribution is 2.33. The molecular formula is C20H26ClN3O. The van der Waals surface area contributed by atoms with Crippen molar-refractivity contribution in [3.63, 3.8) is 0 Å². The molecule has 0 bridgehead atoms. The maximum atomic E-state index is 13.0. The number of halogens is 1. The molecule has 1 aromatic carbocycles. The van der Waals surface area contributed by atoms with E-state index in [2.05, 4.69) is 20.8 Å². The van der Waals surface area contributed by atoms with Crippen LogP contribution in [0.25, 0.3) is 0 Å². The summed E-state index contributed by atoms with van der Waals surface area (Å²) in [5, 5.41) is 5.48. The average Bonchev–Trinajstić information content (AvgIpc) is 3.19. The molecule has 3 rings (SSSR count). The molecule has 1 amide bonds. The molecule has 5 heteroatoms. The topological polar surface area (TPSA) is 38.1 Å². The van der Waals surface area contributed by atoms with Crippen molar-refractivity contribution in [1.29, 1.82) is 0 Å². The molecule has 25 heavy (non-hydrogen) atoms. The van der Waals surface area contributed by atoms with E-state index >= 15 is 0 Å². The summed E-state index contributed by atoms with van der Waals surface area (Å²) in [4.78, 5) is 14.8. The Morgan fingerprint density at radius 1 is 1.28 bits per heavy atom. The molecule has 1 saturated heterocycles. The van der Waals surface area contributed by atoms with E-state index in [9.17, 15) is 4.79 Å². The zero-order chi connectivity index (χ0) is 18.4. The fourth-order valence-corrected chi connectivity index (χ4v) is 3.41. The van der Waals surface area contributed by atoms with Gasteiger partial charge in [0.15, 0.2) is 0 Å². The van der Waals surface area contributed by atoms with Crippen molar-refractivity contribution in [2.45, 2.75) is 58.9 Å². The number of hydrogen-bond acceptors (Lipinski definition) is 2. The fourth-order valence-electron chi connectivity index (χ4n) is 3.30. The summed E-state index contributed by atoms with van der Waals surface area (Å²) in [6.07, 6.45) is 3.72.